The standard InChI is InChI=1S/C22H21BrN2O5/c1-24(14-9-10-17(28-3)19(13-14)29-4)21(26)15-7-5-6-8-16(15)25(2)22(27)18-11-12-20(23)30-18/h5-13H,1-4H3. The summed E-state index contributed by atoms with van der Waals surface area (Å²) in [6.07, 6.45) is 0. The van der Waals surface area contributed by atoms with Gasteiger partial charge in [0.15, 0.2) is 21.9 Å². The minimum absolute atomic E-state index is 0.167. The Balaban J connectivity index is 1.93. The lowest BCUT2D eigenvalue weighted by atomic mass is 10.1. The first kappa shape index (κ1) is 21.4. The summed E-state index contributed by atoms with van der Waals surface area (Å²) in [5.41, 5.74) is 1.46. The molecule has 7 nitrogen and oxygen atoms in total. The van der Waals surface area contributed by atoms with Gasteiger partial charge < -0.3 is 23.7 Å². The molecule has 3 rings (SSSR count). The smallest absolute Gasteiger partial charge is 0.293 e. The number of para-hydroxylation sites is 1. The minimum Gasteiger partial charge on any atom is -0.493 e. The highest BCUT2D eigenvalue weighted by molar-refractivity contribution is 9.10. The Kier molecular flexibility index (Phi) is 6.47. The zero-order chi connectivity index (χ0) is 21.8. The van der Waals surface area contributed by atoms with E-state index in [-0.39, 0.29) is 17.6 Å². The minimum atomic E-state index is -0.366. The lowest BCUT2D eigenvalue weighted by molar-refractivity contribution is 0.0965. The summed E-state index contributed by atoms with van der Waals surface area (Å²) in [4.78, 5) is 28.9. The molecule has 0 radical (unpaired) electrons. The largest absolute Gasteiger partial charge is 0.493 e. The summed E-state index contributed by atoms with van der Waals surface area (Å²) < 4.78 is 16.4. The maximum Gasteiger partial charge on any atom is 0.293 e. The van der Waals surface area contributed by atoms with Crippen LogP contribution in [-0.2, 0) is 0 Å². The van der Waals surface area contributed by atoms with Crippen LogP contribution in [0.15, 0.2) is 63.7 Å². The highest BCUT2D eigenvalue weighted by Gasteiger charge is 2.24. The fourth-order valence-electron chi connectivity index (χ4n) is 2.98. The van der Waals surface area contributed by atoms with Gasteiger partial charge in [-0.3, -0.25) is 9.59 Å². The van der Waals surface area contributed by atoms with Crippen LogP contribution >= 0.6 is 15.9 Å². The second-order valence-electron chi connectivity index (χ2n) is 6.39. The monoisotopic (exact) mass is 472 g/mol. The van der Waals surface area contributed by atoms with E-state index in [1.807, 2.05) is 0 Å². The number of benzene rings is 2. The van der Waals surface area contributed by atoms with E-state index < -0.39 is 0 Å². The fourth-order valence-corrected chi connectivity index (χ4v) is 3.29. The maximum absolute atomic E-state index is 13.3. The van der Waals surface area contributed by atoms with E-state index >= 15 is 0 Å². The number of ether oxygens (including phenoxy) is 2. The van der Waals surface area contributed by atoms with Crippen molar-refractivity contribution in [3.05, 3.63) is 70.6 Å². The van der Waals surface area contributed by atoms with Crippen LogP contribution in [0, 0.1) is 0 Å². The number of rotatable bonds is 6. The van der Waals surface area contributed by atoms with Crippen LogP contribution in [0.3, 0.4) is 0 Å². The van der Waals surface area contributed by atoms with Crippen molar-refractivity contribution in [2.24, 2.45) is 0 Å². The van der Waals surface area contributed by atoms with E-state index in [1.165, 1.54) is 16.9 Å². The number of carbonyl (C=O) groups is 2. The molecule has 156 valence electrons. The van der Waals surface area contributed by atoms with Gasteiger partial charge >= 0.3 is 0 Å². The highest BCUT2D eigenvalue weighted by atomic mass is 79.9. The lowest BCUT2D eigenvalue weighted by Crippen LogP contribution is -2.31. The SMILES string of the molecule is COc1ccc(N(C)C(=O)c2ccccc2N(C)C(=O)c2ccc(Br)o2)cc1OC. The molecule has 0 N–H and O–H groups in total. The van der Waals surface area contributed by atoms with Gasteiger partial charge in [0.2, 0.25) is 0 Å². The van der Waals surface area contributed by atoms with Gasteiger partial charge in [0.1, 0.15) is 0 Å². The van der Waals surface area contributed by atoms with Crippen LogP contribution in [0.2, 0.25) is 0 Å². The summed E-state index contributed by atoms with van der Waals surface area (Å²) in [6.45, 7) is 0. The zero-order valence-corrected chi connectivity index (χ0v) is 18.6. The molecule has 1 aromatic heterocycles. The van der Waals surface area contributed by atoms with E-state index in [2.05, 4.69) is 15.9 Å². The predicted molar refractivity (Wildman–Crippen MR) is 118 cm³/mol. The van der Waals surface area contributed by atoms with Crippen molar-refractivity contribution in [1.82, 2.24) is 0 Å². The second kappa shape index (κ2) is 9.04. The van der Waals surface area contributed by atoms with Crippen LogP contribution in [-0.4, -0.2) is 40.1 Å². The predicted octanol–water partition coefficient (Wildman–Crippen LogP) is 4.61. The number of hydrogen-bond donors (Lipinski definition) is 0. The molecule has 0 bridgehead atoms. The molecule has 0 unspecified atom stereocenters. The van der Waals surface area contributed by atoms with Crippen LogP contribution < -0.4 is 19.3 Å². The van der Waals surface area contributed by atoms with Gasteiger partial charge in [-0.1, -0.05) is 12.1 Å². The van der Waals surface area contributed by atoms with E-state index in [1.54, 1.807) is 75.8 Å². The number of furan rings is 1. The van der Waals surface area contributed by atoms with Crippen molar-refractivity contribution in [3.8, 4) is 11.5 Å². The molecular formula is C22H21BrN2O5. The third-order valence-electron chi connectivity index (χ3n) is 4.64. The zero-order valence-electron chi connectivity index (χ0n) is 17.0. The fraction of sp³-hybridized carbons (Fsp3) is 0.182. The first-order valence-corrected chi connectivity index (χ1v) is 9.79. The molecule has 8 heteroatoms. The Morgan fingerprint density at radius 1 is 0.867 bits per heavy atom. The van der Waals surface area contributed by atoms with Crippen molar-refractivity contribution in [2.45, 2.75) is 0 Å². The van der Waals surface area contributed by atoms with Crippen LogP contribution in [0.1, 0.15) is 20.9 Å². The number of hydrogen-bond acceptors (Lipinski definition) is 5. The first-order chi connectivity index (χ1) is 14.4. The van der Waals surface area contributed by atoms with E-state index in [4.69, 9.17) is 13.9 Å². The van der Waals surface area contributed by atoms with Gasteiger partial charge in [0.05, 0.1) is 25.5 Å². The number of nitrogens with zero attached hydrogens (tertiary/aromatic N) is 2. The summed E-state index contributed by atoms with van der Waals surface area (Å²) >= 11 is 3.19. The molecule has 0 saturated carbocycles. The molecule has 0 saturated heterocycles. The van der Waals surface area contributed by atoms with Crippen molar-refractivity contribution in [3.63, 3.8) is 0 Å². The van der Waals surface area contributed by atoms with Gasteiger partial charge in [-0.25, -0.2) is 0 Å². The number of anilines is 2. The normalized spacial score (nSPS) is 10.4. The molecule has 2 aromatic carbocycles. The van der Waals surface area contributed by atoms with Crippen molar-refractivity contribution in [1.29, 1.82) is 0 Å². The summed E-state index contributed by atoms with van der Waals surface area (Å²) in [5.74, 6) is 0.601. The Hall–Kier alpha value is -3.26. The Morgan fingerprint density at radius 3 is 2.20 bits per heavy atom. The van der Waals surface area contributed by atoms with Gasteiger partial charge in [0.25, 0.3) is 11.8 Å². The van der Waals surface area contributed by atoms with Gasteiger partial charge in [-0.2, -0.15) is 0 Å². The molecule has 0 aliphatic heterocycles. The van der Waals surface area contributed by atoms with Crippen LogP contribution in [0.25, 0.3) is 0 Å². The van der Waals surface area contributed by atoms with E-state index in [0.29, 0.717) is 33.1 Å². The van der Waals surface area contributed by atoms with E-state index in [9.17, 15) is 9.59 Å². The second-order valence-corrected chi connectivity index (χ2v) is 7.17. The number of halogens is 1. The molecule has 2 amide bonds. The quantitative estimate of drug-likeness (QED) is 0.523. The summed E-state index contributed by atoms with van der Waals surface area (Å²) in [7, 11) is 6.34. The first-order valence-electron chi connectivity index (χ1n) is 9.00. The molecule has 3 aromatic rings. The van der Waals surface area contributed by atoms with E-state index in [0.717, 1.165) is 0 Å². The molecule has 0 fully saturated rings. The molecular weight excluding hydrogens is 452 g/mol. The maximum atomic E-state index is 13.3. The number of carbonyl (C=O) groups excluding carboxylic acids is 2. The average Bonchev–Trinajstić information content (AvgIpc) is 3.22. The van der Waals surface area contributed by atoms with Gasteiger partial charge in [-0.15, -0.1) is 0 Å². The van der Waals surface area contributed by atoms with Crippen molar-refractivity contribution < 1.29 is 23.5 Å². The Morgan fingerprint density at radius 2 is 1.57 bits per heavy atom. The molecule has 0 aliphatic rings. The topological polar surface area (TPSA) is 72.2 Å². The van der Waals surface area contributed by atoms with Crippen molar-refractivity contribution in [2.75, 3.05) is 38.1 Å². The third kappa shape index (κ3) is 4.18. The highest BCUT2D eigenvalue weighted by Crippen LogP contribution is 2.32. The average molecular weight is 473 g/mol. The molecule has 0 spiro atoms. The number of methoxy groups -OCH3 is 2. The molecule has 0 atom stereocenters. The molecule has 0 aliphatic carbocycles. The van der Waals surface area contributed by atoms with Gasteiger partial charge in [0, 0.05) is 25.8 Å². The van der Waals surface area contributed by atoms with Crippen LogP contribution in [0.5, 0.6) is 11.5 Å². The molecule has 30 heavy (non-hydrogen) atoms. The van der Waals surface area contributed by atoms with Gasteiger partial charge in [-0.05, 0) is 52.3 Å². The summed E-state index contributed by atoms with van der Waals surface area (Å²) in [6, 6.07) is 15.3. The Bertz CT molecular complexity index is 1080. The lowest BCUT2D eigenvalue weighted by Gasteiger charge is -2.23. The van der Waals surface area contributed by atoms with Crippen LogP contribution in [0.4, 0.5) is 11.4 Å². The third-order valence-corrected chi connectivity index (χ3v) is 5.07. The Labute approximate surface area is 182 Å². The summed E-state index contributed by atoms with van der Waals surface area (Å²) in [5, 5.41) is 0. The molecule has 1 heterocycles. The number of amides is 2. The van der Waals surface area contributed by atoms with Crippen molar-refractivity contribution >= 4 is 39.1 Å².